The maximum atomic E-state index is 13.1. The van der Waals surface area contributed by atoms with Gasteiger partial charge in [0.1, 0.15) is 6.61 Å². The topological polar surface area (TPSA) is 105 Å². The molecule has 0 fully saturated rings. The molecule has 73 heavy (non-hydrogen) atoms. The van der Waals surface area contributed by atoms with Gasteiger partial charge in [-0.05, 0) is 77.3 Å². The van der Waals surface area contributed by atoms with Crippen molar-refractivity contribution < 1.29 is 43.1 Å². The molecule has 0 aliphatic carbocycles. The van der Waals surface area contributed by atoms with E-state index < -0.39 is 5.41 Å². The summed E-state index contributed by atoms with van der Waals surface area (Å²) in [4.78, 5) is 15.6. The average molecular weight is 1040 g/mol. The summed E-state index contributed by atoms with van der Waals surface area (Å²) in [7, 11) is 0. The van der Waals surface area contributed by atoms with Crippen LogP contribution in [0.3, 0.4) is 0 Å². The Hall–Kier alpha value is -0.850. The number of hydrogen-bond acceptors (Lipinski definition) is 10. The Kier molecular flexibility index (Phi) is 56.7. The van der Waals surface area contributed by atoms with Gasteiger partial charge in [-0.3, -0.25) is 4.79 Å². The lowest BCUT2D eigenvalue weighted by molar-refractivity contribution is -0.156. The molecule has 0 unspecified atom stereocenters. The number of nitrogens with zero attached hydrogens (tertiary/aromatic N) is 1. The molecule has 0 aliphatic rings. The number of aliphatic hydroxyl groups excluding tert-OH is 1. The molecule has 0 saturated carbocycles. The van der Waals surface area contributed by atoms with Crippen LogP contribution in [-0.2, 0) is 38.0 Å². The minimum Gasteiger partial charge on any atom is -0.465 e. The highest BCUT2D eigenvalue weighted by molar-refractivity contribution is 5.69. The summed E-state index contributed by atoms with van der Waals surface area (Å²) in [5.74, 6) is -0.130. The molecule has 0 heterocycles. The fraction of sp³-hybridized carbons (Fsp3) is 0.984. The standard InChI is InChI=1S/C63H127NO9/c1-7-13-19-36-48-67-54-62(55-68-49-37-20-14-8-2,56-69-50-38-21-15-9-3)43-33-29-25-26-30-34-44-64(46-47-65)45-35-31-27-28-32-42-61(66)73-60-63(57-70-51-39-22-16-10-4,58-71-52-40-23-17-11-5)59-72-53-41-24-18-12-6/h65H,7-60H2,1-6H3. The zero-order chi connectivity index (χ0) is 53.3. The lowest BCUT2D eigenvalue weighted by Crippen LogP contribution is -2.42. The molecule has 0 rings (SSSR count). The zero-order valence-electron chi connectivity index (χ0n) is 49.8. The Labute approximate surface area is 454 Å². The van der Waals surface area contributed by atoms with Crippen molar-refractivity contribution in [2.75, 3.05) is 112 Å². The van der Waals surface area contributed by atoms with Crippen molar-refractivity contribution in [3.05, 3.63) is 0 Å². The van der Waals surface area contributed by atoms with E-state index in [1.807, 2.05) is 0 Å². The first-order valence-corrected chi connectivity index (χ1v) is 31.9. The molecule has 10 heteroatoms. The van der Waals surface area contributed by atoms with Crippen molar-refractivity contribution >= 4 is 5.97 Å². The third-order valence-corrected chi connectivity index (χ3v) is 14.5. The summed E-state index contributed by atoms with van der Waals surface area (Å²) in [5.41, 5.74) is -0.572. The van der Waals surface area contributed by atoms with E-state index in [-0.39, 0.29) is 24.6 Å². The van der Waals surface area contributed by atoms with E-state index in [0.29, 0.717) is 46.1 Å². The van der Waals surface area contributed by atoms with Crippen molar-refractivity contribution in [2.24, 2.45) is 10.8 Å². The second-order valence-electron chi connectivity index (χ2n) is 22.3. The van der Waals surface area contributed by atoms with Crippen LogP contribution in [0.25, 0.3) is 0 Å². The molecule has 1 N–H and O–H groups in total. The van der Waals surface area contributed by atoms with E-state index >= 15 is 0 Å². The predicted octanol–water partition coefficient (Wildman–Crippen LogP) is 16.4. The lowest BCUT2D eigenvalue weighted by Gasteiger charge is -2.33. The van der Waals surface area contributed by atoms with Crippen LogP contribution < -0.4 is 0 Å². The normalized spacial score (nSPS) is 12.2. The summed E-state index contributed by atoms with van der Waals surface area (Å²) in [6.07, 6.45) is 42.8. The van der Waals surface area contributed by atoms with Gasteiger partial charge in [0, 0.05) is 58.0 Å². The maximum absolute atomic E-state index is 13.1. The first kappa shape index (κ1) is 72.2. The number of esters is 1. The average Bonchev–Trinajstić information content (AvgIpc) is 3.39. The van der Waals surface area contributed by atoms with E-state index in [9.17, 15) is 9.90 Å². The molecule has 0 atom stereocenters. The van der Waals surface area contributed by atoms with Gasteiger partial charge in [0.2, 0.25) is 0 Å². The molecule has 0 spiro atoms. The van der Waals surface area contributed by atoms with Crippen molar-refractivity contribution in [3.8, 4) is 0 Å². The van der Waals surface area contributed by atoms with Crippen molar-refractivity contribution in [1.29, 1.82) is 0 Å². The van der Waals surface area contributed by atoms with Crippen molar-refractivity contribution in [1.82, 2.24) is 4.90 Å². The summed E-state index contributed by atoms with van der Waals surface area (Å²) in [5, 5.41) is 9.84. The zero-order valence-corrected chi connectivity index (χ0v) is 49.8. The highest BCUT2D eigenvalue weighted by atomic mass is 16.5. The van der Waals surface area contributed by atoms with E-state index in [1.54, 1.807) is 0 Å². The van der Waals surface area contributed by atoms with Crippen LogP contribution in [0.15, 0.2) is 0 Å². The second-order valence-corrected chi connectivity index (χ2v) is 22.3. The summed E-state index contributed by atoms with van der Waals surface area (Å²) in [6, 6.07) is 0. The number of carbonyl (C=O) groups is 1. The molecule has 0 aliphatic heterocycles. The minimum absolute atomic E-state index is 0.0705. The van der Waals surface area contributed by atoms with E-state index in [1.165, 1.54) is 154 Å². The summed E-state index contributed by atoms with van der Waals surface area (Å²) < 4.78 is 44.1. The van der Waals surface area contributed by atoms with Gasteiger partial charge in [0.25, 0.3) is 0 Å². The van der Waals surface area contributed by atoms with Crippen LogP contribution >= 0.6 is 0 Å². The number of hydrogen-bond donors (Lipinski definition) is 1. The first-order valence-electron chi connectivity index (χ1n) is 31.9. The molecule has 438 valence electrons. The smallest absolute Gasteiger partial charge is 0.305 e. The Balaban J connectivity index is 4.91. The Morgan fingerprint density at radius 2 is 0.616 bits per heavy atom. The molecule has 0 aromatic carbocycles. The molecule has 0 aromatic heterocycles. The number of ether oxygens (including phenoxy) is 7. The number of carbonyl (C=O) groups excluding carboxylic acids is 1. The van der Waals surface area contributed by atoms with Gasteiger partial charge in [0.05, 0.1) is 51.7 Å². The number of rotatable bonds is 63. The Morgan fingerprint density at radius 3 is 0.945 bits per heavy atom. The van der Waals surface area contributed by atoms with Crippen molar-refractivity contribution in [3.63, 3.8) is 0 Å². The monoisotopic (exact) mass is 1040 g/mol. The highest BCUT2D eigenvalue weighted by Gasteiger charge is 2.34. The van der Waals surface area contributed by atoms with E-state index in [2.05, 4.69) is 46.4 Å². The number of unbranched alkanes of at least 4 members (excludes halogenated alkanes) is 27. The van der Waals surface area contributed by atoms with Gasteiger partial charge in [-0.1, -0.05) is 208 Å². The summed E-state index contributed by atoms with van der Waals surface area (Å²) >= 11 is 0. The van der Waals surface area contributed by atoms with Gasteiger partial charge in [-0.15, -0.1) is 0 Å². The molecule has 10 nitrogen and oxygen atoms in total. The quantitative estimate of drug-likeness (QED) is 0.0468. The minimum atomic E-state index is -0.502. The molecular weight excluding hydrogens is 915 g/mol. The van der Waals surface area contributed by atoms with Gasteiger partial charge in [-0.25, -0.2) is 0 Å². The largest absolute Gasteiger partial charge is 0.465 e. The fourth-order valence-corrected chi connectivity index (χ4v) is 9.57. The Bertz CT molecular complexity index is 1000. The molecule has 0 saturated heterocycles. The first-order chi connectivity index (χ1) is 35.9. The van der Waals surface area contributed by atoms with Crippen LogP contribution in [0.5, 0.6) is 0 Å². The van der Waals surface area contributed by atoms with Crippen LogP contribution in [0, 0.1) is 10.8 Å². The van der Waals surface area contributed by atoms with Gasteiger partial charge < -0.3 is 43.2 Å². The number of aliphatic hydroxyl groups is 1. The summed E-state index contributed by atoms with van der Waals surface area (Å²) in [6.45, 7) is 25.1. The van der Waals surface area contributed by atoms with Crippen LogP contribution in [0.1, 0.15) is 279 Å². The SMILES string of the molecule is CCCCCCOCC(CCCCCCCCN(CCO)CCCCCCCC(=O)OCC(COCCCCCC)(COCCCCCC)COCCCCCC)(COCCCCCC)COCCCCCC. The maximum Gasteiger partial charge on any atom is 0.305 e. The third kappa shape index (κ3) is 48.0. The van der Waals surface area contributed by atoms with Crippen LogP contribution in [-0.4, -0.2) is 128 Å². The third-order valence-electron chi connectivity index (χ3n) is 14.5. The molecule has 0 aromatic rings. The Morgan fingerprint density at radius 1 is 0.329 bits per heavy atom. The van der Waals surface area contributed by atoms with E-state index in [4.69, 9.17) is 33.2 Å². The molecular formula is C63H127NO9. The van der Waals surface area contributed by atoms with Gasteiger partial charge >= 0.3 is 5.97 Å². The second kappa shape index (κ2) is 57.3. The van der Waals surface area contributed by atoms with Crippen molar-refractivity contribution in [2.45, 2.75) is 279 Å². The highest BCUT2D eigenvalue weighted by Crippen LogP contribution is 2.29. The molecule has 0 bridgehead atoms. The molecule has 0 amide bonds. The fourth-order valence-electron chi connectivity index (χ4n) is 9.57. The van der Waals surface area contributed by atoms with Crippen LogP contribution in [0.4, 0.5) is 0 Å². The lowest BCUT2D eigenvalue weighted by atomic mass is 9.84. The van der Waals surface area contributed by atoms with Crippen LogP contribution in [0.2, 0.25) is 0 Å². The molecule has 0 radical (unpaired) electrons. The predicted molar refractivity (Wildman–Crippen MR) is 309 cm³/mol. The van der Waals surface area contributed by atoms with E-state index in [0.717, 1.165) is 136 Å². The van der Waals surface area contributed by atoms with Gasteiger partial charge in [0.15, 0.2) is 0 Å². The van der Waals surface area contributed by atoms with Gasteiger partial charge in [-0.2, -0.15) is 0 Å².